The van der Waals surface area contributed by atoms with Crippen molar-refractivity contribution < 1.29 is 14.6 Å². The van der Waals surface area contributed by atoms with Crippen molar-refractivity contribution in [2.45, 2.75) is 40.2 Å². The van der Waals surface area contributed by atoms with Gasteiger partial charge in [-0.05, 0) is 18.8 Å². The molecular weight excluding hydrogens is 180 g/mol. The lowest BCUT2D eigenvalue weighted by molar-refractivity contribution is -0.144. The van der Waals surface area contributed by atoms with Crippen molar-refractivity contribution in [2.24, 2.45) is 5.41 Å². The molecule has 0 aliphatic carbocycles. The van der Waals surface area contributed by atoms with Crippen molar-refractivity contribution in [3.8, 4) is 0 Å². The summed E-state index contributed by atoms with van der Waals surface area (Å²) in [5, 5.41) is 9.70. The van der Waals surface area contributed by atoms with Gasteiger partial charge in [0.05, 0.1) is 6.10 Å². The minimum atomic E-state index is -0.629. The molecule has 82 valence electrons. The number of hydrogen-bond acceptors (Lipinski definition) is 3. The molecule has 0 saturated carbocycles. The lowest BCUT2D eigenvalue weighted by Gasteiger charge is -2.28. The molecule has 0 heterocycles. The molecule has 0 aliphatic heterocycles. The van der Waals surface area contributed by atoms with Gasteiger partial charge in [0, 0.05) is 5.57 Å². The van der Waals surface area contributed by atoms with Gasteiger partial charge in [-0.3, -0.25) is 0 Å². The summed E-state index contributed by atoms with van der Waals surface area (Å²) in [6.45, 7) is 10.9. The van der Waals surface area contributed by atoms with Gasteiger partial charge in [-0.2, -0.15) is 0 Å². The quantitative estimate of drug-likeness (QED) is 0.544. The summed E-state index contributed by atoms with van der Waals surface area (Å²) < 4.78 is 4.86. The van der Waals surface area contributed by atoms with Gasteiger partial charge in [0.2, 0.25) is 0 Å². The van der Waals surface area contributed by atoms with E-state index in [-0.39, 0.29) is 12.0 Å². The number of rotatable bonds is 5. The molecule has 0 aliphatic rings. The molecule has 0 rings (SSSR count). The van der Waals surface area contributed by atoms with Crippen LogP contribution < -0.4 is 0 Å². The van der Waals surface area contributed by atoms with Crippen molar-refractivity contribution in [3.05, 3.63) is 12.2 Å². The second-order valence-corrected chi connectivity index (χ2v) is 4.24. The highest BCUT2D eigenvalue weighted by Gasteiger charge is 2.26. The summed E-state index contributed by atoms with van der Waals surface area (Å²) in [5.41, 5.74) is 0.126. The molecule has 0 radical (unpaired) electrons. The zero-order chi connectivity index (χ0) is 11.4. The predicted octanol–water partition coefficient (Wildman–Crippen LogP) is 1.90. The maximum Gasteiger partial charge on any atom is 0.333 e. The molecule has 0 aromatic rings. The Hall–Kier alpha value is -0.830. The van der Waals surface area contributed by atoms with Gasteiger partial charge in [-0.25, -0.2) is 4.79 Å². The van der Waals surface area contributed by atoms with E-state index in [2.05, 4.69) is 6.58 Å². The predicted molar refractivity (Wildman–Crippen MR) is 55.9 cm³/mol. The minimum Gasteiger partial charge on any atom is -0.460 e. The average Bonchev–Trinajstić information content (AvgIpc) is 2.13. The fourth-order valence-electron chi connectivity index (χ4n) is 0.739. The molecule has 0 spiro atoms. The van der Waals surface area contributed by atoms with Gasteiger partial charge in [-0.1, -0.05) is 27.4 Å². The summed E-state index contributed by atoms with van der Waals surface area (Å²) in [6.07, 6.45) is 0.203. The summed E-state index contributed by atoms with van der Waals surface area (Å²) >= 11 is 0. The number of esters is 1. The van der Waals surface area contributed by atoms with Crippen LogP contribution in [0.1, 0.15) is 34.1 Å². The Morgan fingerprint density at radius 3 is 2.43 bits per heavy atom. The standard InChI is InChI=1S/C11H20O3/c1-6-11(4,5)9(12)7-14-10(13)8(2)3/h9,12H,2,6-7H2,1,3-5H3. The van der Waals surface area contributed by atoms with Gasteiger partial charge in [0.1, 0.15) is 6.61 Å². The number of aliphatic hydroxyl groups is 1. The van der Waals surface area contributed by atoms with E-state index in [1.807, 2.05) is 20.8 Å². The first-order valence-corrected chi connectivity index (χ1v) is 4.82. The van der Waals surface area contributed by atoms with Crippen molar-refractivity contribution >= 4 is 5.97 Å². The Balaban J connectivity index is 4.03. The fourth-order valence-corrected chi connectivity index (χ4v) is 0.739. The van der Waals surface area contributed by atoms with Crippen LogP contribution in [0.15, 0.2) is 12.2 Å². The molecule has 0 bridgehead atoms. The summed E-state index contributed by atoms with van der Waals surface area (Å²) in [4.78, 5) is 11.0. The lowest BCUT2D eigenvalue weighted by Crippen LogP contribution is -2.33. The Morgan fingerprint density at radius 2 is 2.07 bits per heavy atom. The highest BCUT2D eigenvalue weighted by molar-refractivity contribution is 5.86. The van der Waals surface area contributed by atoms with E-state index in [1.54, 1.807) is 6.92 Å². The van der Waals surface area contributed by atoms with E-state index in [4.69, 9.17) is 4.74 Å². The van der Waals surface area contributed by atoms with Gasteiger partial charge in [0.25, 0.3) is 0 Å². The van der Waals surface area contributed by atoms with Crippen LogP contribution in [0.4, 0.5) is 0 Å². The van der Waals surface area contributed by atoms with Crippen molar-refractivity contribution in [2.75, 3.05) is 6.61 Å². The SMILES string of the molecule is C=C(C)C(=O)OCC(O)C(C)(C)CC. The van der Waals surface area contributed by atoms with Crippen LogP contribution in [-0.2, 0) is 9.53 Å². The second-order valence-electron chi connectivity index (χ2n) is 4.24. The molecular formula is C11H20O3. The largest absolute Gasteiger partial charge is 0.460 e. The third-order valence-corrected chi connectivity index (χ3v) is 2.53. The molecule has 0 aromatic heterocycles. The third kappa shape index (κ3) is 3.92. The number of carbonyl (C=O) groups excluding carboxylic acids is 1. The summed E-state index contributed by atoms with van der Waals surface area (Å²) in [7, 11) is 0. The molecule has 1 atom stereocenters. The maximum atomic E-state index is 11.0. The highest BCUT2D eigenvalue weighted by atomic mass is 16.5. The van der Waals surface area contributed by atoms with Gasteiger partial charge in [-0.15, -0.1) is 0 Å². The number of ether oxygens (including phenoxy) is 1. The molecule has 0 amide bonds. The smallest absolute Gasteiger partial charge is 0.333 e. The van der Waals surface area contributed by atoms with E-state index in [1.165, 1.54) is 0 Å². The first-order chi connectivity index (χ1) is 6.31. The van der Waals surface area contributed by atoms with Crippen LogP contribution in [0.3, 0.4) is 0 Å². The molecule has 0 aromatic carbocycles. The molecule has 0 fully saturated rings. The summed E-state index contributed by atoms with van der Waals surface area (Å²) in [6, 6.07) is 0. The Kier molecular flexibility index (Phi) is 4.85. The number of aliphatic hydroxyl groups excluding tert-OH is 1. The Morgan fingerprint density at radius 1 is 1.57 bits per heavy atom. The van der Waals surface area contributed by atoms with Gasteiger partial charge in [0.15, 0.2) is 0 Å². The van der Waals surface area contributed by atoms with E-state index in [0.29, 0.717) is 5.57 Å². The van der Waals surface area contributed by atoms with Crippen LogP contribution >= 0.6 is 0 Å². The van der Waals surface area contributed by atoms with Crippen LogP contribution in [0.2, 0.25) is 0 Å². The zero-order valence-electron chi connectivity index (χ0n) is 9.46. The van der Waals surface area contributed by atoms with E-state index in [9.17, 15) is 9.90 Å². The van der Waals surface area contributed by atoms with Gasteiger partial charge >= 0.3 is 5.97 Å². The average molecular weight is 200 g/mol. The maximum absolute atomic E-state index is 11.0. The minimum absolute atomic E-state index is 0.0343. The van der Waals surface area contributed by atoms with Crippen LogP contribution in [0.25, 0.3) is 0 Å². The number of carbonyl (C=O) groups is 1. The molecule has 0 saturated heterocycles. The first kappa shape index (κ1) is 13.2. The Labute approximate surface area is 85.8 Å². The molecule has 3 nitrogen and oxygen atoms in total. The normalized spacial score (nSPS) is 13.5. The van der Waals surface area contributed by atoms with Crippen molar-refractivity contribution in [1.82, 2.24) is 0 Å². The van der Waals surface area contributed by atoms with Gasteiger partial charge < -0.3 is 9.84 Å². The highest BCUT2D eigenvalue weighted by Crippen LogP contribution is 2.24. The fraction of sp³-hybridized carbons (Fsp3) is 0.727. The zero-order valence-corrected chi connectivity index (χ0v) is 9.46. The lowest BCUT2D eigenvalue weighted by atomic mass is 9.84. The first-order valence-electron chi connectivity index (χ1n) is 4.82. The van der Waals surface area contributed by atoms with Crippen molar-refractivity contribution in [3.63, 3.8) is 0 Å². The summed E-state index contributed by atoms with van der Waals surface area (Å²) in [5.74, 6) is -0.448. The van der Waals surface area contributed by atoms with Crippen LogP contribution in [0.5, 0.6) is 0 Å². The van der Waals surface area contributed by atoms with E-state index in [0.717, 1.165) is 6.42 Å². The van der Waals surface area contributed by atoms with Crippen molar-refractivity contribution in [1.29, 1.82) is 0 Å². The van der Waals surface area contributed by atoms with E-state index >= 15 is 0 Å². The molecule has 14 heavy (non-hydrogen) atoms. The van der Waals surface area contributed by atoms with Crippen LogP contribution in [-0.4, -0.2) is 23.8 Å². The Bertz CT molecular complexity index is 219. The molecule has 3 heteroatoms. The monoisotopic (exact) mass is 200 g/mol. The van der Waals surface area contributed by atoms with Crippen LogP contribution in [0, 0.1) is 5.41 Å². The third-order valence-electron chi connectivity index (χ3n) is 2.53. The topological polar surface area (TPSA) is 46.5 Å². The second kappa shape index (κ2) is 5.15. The van der Waals surface area contributed by atoms with E-state index < -0.39 is 12.1 Å². The molecule has 1 unspecified atom stereocenters. The number of hydrogen-bond donors (Lipinski definition) is 1. The molecule has 1 N–H and O–H groups in total.